The van der Waals surface area contributed by atoms with Gasteiger partial charge < -0.3 is 0 Å². The summed E-state index contributed by atoms with van der Waals surface area (Å²) in [6.45, 7) is 4.31. The van der Waals surface area contributed by atoms with Crippen molar-refractivity contribution in [2.45, 2.75) is 19.8 Å². The summed E-state index contributed by atoms with van der Waals surface area (Å²) >= 11 is 0. The number of nitrogens with zero attached hydrogens (tertiary/aromatic N) is 1. The van der Waals surface area contributed by atoms with Crippen molar-refractivity contribution < 1.29 is 4.39 Å². The Morgan fingerprint density at radius 1 is 1.00 bits per heavy atom. The molecule has 0 saturated heterocycles. The second-order valence-electron chi connectivity index (χ2n) is 4.53. The molecule has 0 radical (unpaired) electrons. The van der Waals surface area contributed by atoms with Gasteiger partial charge in [-0.3, -0.25) is 4.99 Å². The summed E-state index contributed by atoms with van der Waals surface area (Å²) in [7, 11) is 0. The lowest BCUT2D eigenvalue weighted by Crippen LogP contribution is -1.88. The van der Waals surface area contributed by atoms with Crippen molar-refractivity contribution in [3.8, 4) is 0 Å². The Kier molecular flexibility index (Phi) is 3.88. The largest absolute Gasteiger partial charge is 0.253 e. The maximum Gasteiger partial charge on any atom is 0.148 e. The topological polar surface area (TPSA) is 12.4 Å². The van der Waals surface area contributed by atoms with E-state index in [1.807, 2.05) is 12.1 Å². The Bertz CT molecular complexity index is 541. The summed E-state index contributed by atoms with van der Waals surface area (Å²) in [5, 5.41) is 0. The van der Waals surface area contributed by atoms with Crippen LogP contribution in [-0.4, -0.2) is 6.21 Å². The molecule has 0 aliphatic rings. The molecule has 0 bridgehead atoms. The average molecular weight is 241 g/mol. The van der Waals surface area contributed by atoms with Gasteiger partial charge >= 0.3 is 0 Å². The van der Waals surface area contributed by atoms with Crippen molar-refractivity contribution in [1.82, 2.24) is 0 Å². The average Bonchev–Trinajstić information content (AvgIpc) is 2.38. The van der Waals surface area contributed by atoms with Gasteiger partial charge in [-0.25, -0.2) is 4.39 Å². The van der Waals surface area contributed by atoms with E-state index in [0.29, 0.717) is 11.6 Å². The number of hydrogen-bond acceptors (Lipinski definition) is 1. The number of aliphatic imine (C=N–C) groups is 1. The normalized spacial score (nSPS) is 11.3. The molecule has 2 aromatic carbocycles. The smallest absolute Gasteiger partial charge is 0.148 e. The molecule has 18 heavy (non-hydrogen) atoms. The monoisotopic (exact) mass is 241 g/mol. The minimum Gasteiger partial charge on any atom is -0.253 e. The number of hydrogen-bond donors (Lipinski definition) is 0. The van der Waals surface area contributed by atoms with E-state index in [1.165, 1.54) is 11.6 Å². The minimum atomic E-state index is -0.299. The fourth-order valence-electron chi connectivity index (χ4n) is 1.67. The third-order valence-corrected chi connectivity index (χ3v) is 2.81. The molecule has 2 rings (SSSR count). The first kappa shape index (κ1) is 12.5. The second-order valence-corrected chi connectivity index (χ2v) is 4.53. The van der Waals surface area contributed by atoms with Gasteiger partial charge in [0.2, 0.25) is 0 Å². The lowest BCUT2D eigenvalue weighted by molar-refractivity contribution is 0.630. The van der Waals surface area contributed by atoms with Gasteiger partial charge in [-0.15, -0.1) is 0 Å². The highest BCUT2D eigenvalue weighted by molar-refractivity contribution is 5.82. The van der Waals surface area contributed by atoms with Gasteiger partial charge in [-0.1, -0.05) is 50.2 Å². The number of benzene rings is 2. The quantitative estimate of drug-likeness (QED) is 0.691. The van der Waals surface area contributed by atoms with E-state index >= 15 is 0 Å². The lowest BCUT2D eigenvalue weighted by atomic mass is 10.0. The standard InChI is InChI=1S/C16H16FN/c1-12(2)14-9-7-13(8-10-14)11-18-16-6-4-3-5-15(16)17/h3-12H,1-2H3. The fraction of sp³-hybridized carbons (Fsp3) is 0.188. The van der Waals surface area contributed by atoms with Crippen molar-refractivity contribution in [2.24, 2.45) is 4.99 Å². The van der Waals surface area contributed by atoms with Gasteiger partial charge in [0, 0.05) is 6.21 Å². The molecule has 92 valence electrons. The third-order valence-electron chi connectivity index (χ3n) is 2.81. The molecule has 0 aliphatic carbocycles. The highest BCUT2D eigenvalue weighted by atomic mass is 19.1. The van der Waals surface area contributed by atoms with Gasteiger partial charge in [0.1, 0.15) is 5.82 Å². The summed E-state index contributed by atoms with van der Waals surface area (Å²) in [6, 6.07) is 14.7. The van der Waals surface area contributed by atoms with E-state index in [9.17, 15) is 4.39 Å². The second kappa shape index (κ2) is 5.58. The molecular formula is C16H16FN. The van der Waals surface area contributed by atoms with Gasteiger partial charge in [0.25, 0.3) is 0 Å². The number of rotatable bonds is 3. The van der Waals surface area contributed by atoms with E-state index < -0.39 is 0 Å². The van der Waals surface area contributed by atoms with Crippen LogP contribution in [-0.2, 0) is 0 Å². The predicted molar refractivity (Wildman–Crippen MR) is 74.2 cm³/mol. The van der Waals surface area contributed by atoms with Crippen LogP contribution in [0, 0.1) is 5.82 Å². The van der Waals surface area contributed by atoms with Crippen LogP contribution in [0.2, 0.25) is 0 Å². The fourth-order valence-corrected chi connectivity index (χ4v) is 1.67. The number of halogens is 1. The zero-order valence-electron chi connectivity index (χ0n) is 10.6. The van der Waals surface area contributed by atoms with Crippen LogP contribution in [0.1, 0.15) is 30.9 Å². The van der Waals surface area contributed by atoms with Crippen LogP contribution >= 0.6 is 0 Å². The molecule has 0 aromatic heterocycles. The first-order valence-electron chi connectivity index (χ1n) is 6.05. The Morgan fingerprint density at radius 3 is 2.28 bits per heavy atom. The van der Waals surface area contributed by atoms with Crippen molar-refractivity contribution in [3.05, 3.63) is 65.5 Å². The molecule has 0 aliphatic heterocycles. The summed E-state index contributed by atoms with van der Waals surface area (Å²) in [5.74, 6) is 0.218. The zero-order chi connectivity index (χ0) is 13.0. The van der Waals surface area contributed by atoms with Gasteiger partial charge in [0.05, 0.1) is 5.69 Å². The summed E-state index contributed by atoms with van der Waals surface area (Å²) in [6.07, 6.45) is 1.68. The van der Waals surface area contributed by atoms with E-state index in [1.54, 1.807) is 24.4 Å². The van der Waals surface area contributed by atoms with Gasteiger partial charge in [0.15, 0.2) is 0 Å². The van der Waals surface area contributed by atoms with E-state index in [-0.39, 0.29) is 5.82 Å². The van der Waals surface area contributed by atoms with E-state index in [2.05, 4.69) is 31.0 Å². The van der Waals surface area contributed by atoms with Crippen LogP contribution in [0.4, 0.5) is 10.1 Å². The molecule has 0 fully saturated rings. The molecule has 0 heterocycles. The van der Waals surface area contributed by atoms with Crippen LogP contribution in [0.3, 0.4) is 0 Å². The van der Waals surface area contributed by atoms with Crippen LogP contribution in [0.5, 0.6) is 0 Å². The molecule has 0 spiro atoms. The molecular weight excluding hydrogens is 225 g/mol. The summed E-state index contributed by atoms with van der Waals surface area (Å²) in [5.41, 5.74) is 2.63. The van der Waals surface area contributed by atoms with Crippen LogP contribution in [0.25, 0.3) is 0 Å². The maximum absolute atomic E-state index is 13.3. The van der Waals surface area contributed by atoms with Crippen molar-refractivity contribution in [3.63, 3.8) is 0 Å². The minimum absolute atomic E-state index is 0.299. The van der Waals surface area contributed by atoms with Crippen LogP contribution < -0.4 is 0 Å². The highest BCUT2D eigenvalue weighted by Gasteiger charge is 1.99. The third kappa shape index (κ3) is 3.04. The van der Waals surface area contributed by atoms with Crippen molar-refractivity contribution >= 4 is 11.9 Å². The predicted octanol–water partition coefficient (Wildman–Crippen LogP) is 4.70. The highest BCUT2D eigenvalue weighted by Crippen LogP contribution is 2.17. The van der Waals surface area contributed by atoms with E-state index in [4.69, 9.17) is 0 Å². The Balaban J connectivity index is 2.17. The summed E-state index contributed by atoms with van der Waals surface area (Å²) in [4.78, 5) is 4.15. The zero-order valence-corrected chi connectivity index (χ0v) is 10.6. The lowest BCUT2D eigenvalue weighted by Gasteiger charge is -2.04. The van der Waals surface area contributed by atoms with E-state index in [0.717, 1.165) is 5.56 Å². The van der Waals surface area contributed by atoms with Gasteiger partial charge in [-0.2, -0.15) is 0 Å². The Morgan fingerprint density at radius 2 is 1.67 bits per heavy atom. The molecule has 2 heteroatoms. The van der Waals surface area contributed by atoms with Crippen molar-refractivity contribution in [2.75, 3.05) is 0 Å². The van der Waals surface area contributed by atoms with Gasteiger partial charge in [-0.05, 0) is 29.2 Å². The Hall–Kier alpha value is -1.96. The molecule has 0 N–H and O–H groups in total. The van der Waals surface area contributed by atoms with Crippen molar-refractivity contribution in [1.29, 1.82) is 0 Å². The number of para-hydroxylation sites is 1. The molecule has 0 amide bonds. The SMILES string of the molecule is CC(C)c1ccc(C=Nc2ccccc2F)cc1. The molecule has 2 aromatic rings. The Labute approximate surface area is 107 Å². The van der Waals surface area contributed by atoms with Crippen LogP contribution in [0.15, 0.2) is 53.5 Å². The molecule has 0 unspecified atom stereocenters. The first-order valence-corrected chi connectivity index (χ1v) is 6.05. The molecule has 1 nitrogen and oxygen atoms in total. The maximum atomic E-state index is 13.3. The first-order chi connectivity index (χ1) is 8.66. The summed E-state index contributed by atoms with van der Waals surface area (Å²) < 4.78 is 13.3. The molecule has 0 atom stereocenters. The molecule has 0 saturated carbocycles.